The molecular weight excluding hydrogens is 362 g/mol. The van der Waals surface area contributed by atoms with Crippen molar-refractivity contribution in [2.45, 2.75) is 72.1 Å². The summed E-state index contributed by atoms with van der Waals surface area (Å²) in [5.74, 6) is 2.42. The number of hydrogen-bond acceptors (Lipinski definition) is 2. The van der Waals surface area contributed by atoms with Crippen LogP contribution in [0.25, 0.3) is 0 Å². The average molecular weight is 397 g/mol. The van der Waals surface area contributed by atoms with E-state index in [4.69, 9.17) is 0 Å². The van der Waals surface area contributed by atoms with Crippen molar-refractivity contribution in [3.8, 4) is 0 Å². The Morgan fingerprint density at radius 2 is 1.81 bits per heavy atom. The number of allylic oxidation sites excluding steroid dienone is 2. The third kappa shape index (κ3) is 2.81. The summed E-state index contributed by atoms with van der Waals surface area (Å²) in [5.41, 5.74) is 0.249. The van der Waals surface area contributed by atoms with Crippen LogP contribution in [0.5, 0.6) is 0 Å². The van der Waals surface area contributed by atoms with E-state index in [-0.39, 0.29) is 29.1 Å². The predicted molar refractivity (Wildman–Crippen MR) is 105 cm³/mol. The van der Waals surface area contributed by atoms with Gasteiger partial charge in [-0.05, 0) is 89.9 Å². The highest BCUT2D eigenvalue weighted by molar-refractivity contribution is 7.43. The van der Waals surface area contributed by atoms with E-state index >= 15 is 4.39 Å². The number of aliphatic hydroxyl groups excluding tert-OH is 1. The lowest BCUT2D eigenvalue weighted by atomic mass is 9.45. The Labute approximate surface area is 163 Å². The first-order chi connectivity index (χ1) is 12.7. The van der Waals surface area contributed by atoms with E-state index < -0.39 is 8.03 Å². The number of rotatable bonds is 3. The molecule has 4 aliphatic rings. The summed E-state index contributed by atoms with van der Waals surface area (Å²) >= 11 is 0. The first-order valence-electron chi connectivity index (χ1n) is 10.9. The van der Waals surface area contributed by atoms with E-state index in [0.717, 1.165) is 25.7 Å². The zero-order valence-electron chi connectivity index (χ0n) is 17.0. The van der Waals surface area contributed by atoms with E-state index in [2.05, 4.69) is 20.8 Å². The van der Waals surface area contributed by atoms with E-state index in [9.17, 15) is 14.6 Å². The van der Waals surface area contributed by atoms with Crippen LogP contribution in [-0.2, 0) is 4.57 Å². The fourth-order valence-electron chi connectivity index (χ4n) is 8.23. The molecule has 1 unspecified atom stereocenters. The summed E-state index contributed by atoms with van der Waals surface area (Å²) < 4.78 is 26.7. The molecule has 2 N–H and O–H groups in total. The lowest BCUT2D eigenvalue weighted by Gasteiger charge is -2.60. The summed E-state index contributed by atoms with van der Waals surface area (Å²) in [6, 6.07) is 0. The first-order valence-corrected chi connectivity index (χ1v) is 12.1. The van der Waals surface area contributed by atoms with Crippen LogP contribution in [0.3, 0.4) is 0 Å². The highest BCUT2D eigenvalue weighted by atomic mass is 31.1. The number of aliphatic hydroxyl groups is 1. The molecule has 4 rings (SSSR count). The molecule has 0 saturated heterocycles. The second-order valence-electron chi connectivity index (χ2n) is 10.5. The monoisotopic (exact) mass is 397 g/mol. The van der Waals surface area contributed by atoms with Gasteiger partial charge in [-0.1, -0.05) is 20.8 Å². The lowest BCUT2D eigenvalue weighted by Crippen LogP contribution is -2.53. The quantitative estimate of drug-likeness (QED) is 0.592. The Morgan fingerprint density at radius 3 is 2.48 bits per heavy atom. The molecule has 3 saturated carbocycles. The van der Waals surface area contributed by atoms with Crippen LogP contribution in [0.1, 0.15) is 72.1 Å². The molecule has 0 radical (unpaired) electrons. The molecule has 5 heteroatoms. The van der Waals surface area contributed by atoms with E-state index in [1.807, 2.05) is 0 Å². The van der Waals surface area contributed by atoms with Gasteiger partial charge < -0.3 is 5.11 Å². The van der Waals surface area contributed by atoms with Crippen LogP contribution in [0, 0.1) is 46.3 Å². The molecule has 3 nitrogen and oxygen atoms in total. The smallest absolute Gasteiger partial charge is 0.396 e. The van der Waals surface area contributed by atoms with Crippen LogP contribution in [0.15, 0.2) is 11.1 Å². The van der Waals surface area contributed by atoms with Gasteiger partial charge in [0.25, 0.3) is 0 Å². The molecule has 0 spiro atoms. The summed E-state index contributed by atoms with van der Waals surface area (Å²) in [5, 5.41) is 9.92. The third-order valence-electron chi connectivity index (χ3n) is 9.63. The molecule has 0 aromatic heterocycles. The van der Waals surface area contributed by atoms with Crippen LogP contribution in [0.2, 0.25) is 0 Å². The largest absolute Gasteiger partial charge is 0.544 e. The maximum Gasteiger partial charge on any atom is 0.544 e. The Bertz CT molecular complexity index is 664. The number of halogens is 1. The maximum atomic E-state index is 15.1. The Balaban J connectivity index is 1.63. The minimum absolute atomic E-state index is 0.0656. The van der Waals surface area contributed by atoms with Crippen LogP contribution >= 0.6 is 8.03 Å². The van der Waals surface area contributed by atoms with Crippen LogP contribution < -0.4 is 0 Å². The lowest BCUT2D eigenvalue weighted by molar-refractivity contribution is -0.104. The van der Waals surface area contributed by atoms with Crippen molar-refractivity contribution in [1.29, 1.82) is 0 Å². The zero-order valence-corrected chi connectivity index (χ0v) is 17.9. The normalized spacial score (nSPS) is 48.5. The molecule has 0 aliphatic heterocycles. The summed E-state index contributed by atoms with van der Waals surface area (Å²) in [6.45, 7) is 7.20. The standard InChI is InChI=1S/C22H34FO3P/c1-13(12-24)15-6-7-16-14-4-5-18-20(23)19(27(25)26)9-11-22(18,3)17(14)8-10-21(15,16)2/h13-18,24H,4-12H2,1-3H3/p+1/t13-,14+,15-,16+,17+,18+,21-,22-/m1/s1. The van der Waals surface area contributed by atoms with Crippen LogP contribution in [-0.4, -0.2) is 16.6 Å². The van der Waals surface area contributed by atoms with E-state index in [1.54, 1.807) is 0 Å². The molecule has 4 aliphatic carbocycles. The van der Waals surface area contributed by atoms with E-state index in [1.165, 1.54) is 19.3 Å². The van der Waals surface area contributed by atoms with Crippen molar-refractivity contribution in [3.63, 3.8) is 0 Å². The Kier molecular flexibility index (Phi) is 5.10. The minimum atomic E-state index is -2.53. The minimum Gasteiger partial charge on any atom is -0.396 e. The van der Waals surface area contributed by atoms with Crippen molar-refractivity contribution in [3.05, 3.63) is 11.1 Å². The predicted octanol–water partition coefficient (Wildman–Crippen LogP) is 5.80. The highest BCUT2D eigenvalue weighted by Gasteiger charge is 2.62. The van der Waals surface area contributed by atoms with Gasteiger partial charge in [0.1, 0.15) is 0 Å². The topological polar surface area (TPSA) is 57.5 Å². The van der Waals surface area contributed by atoms with Gasteiger partial charge in [0, 0.05) is 18.9 Å². The Morgan fingerprint density at radius 1 is 1.11 bits per heavy atom. The molecule has 27 heavy (non-hydrogen) atoms. The van der Waals surface area contributed by atoms with Crippen molar-refractivity contribution >= 4 is 8.03 Å². The van der Waals surface area contributed by atoms with Gasteiger partial charge in [-0.25, -0.2) is 4.39 Å². The molecule has 0 aromatic carbocycles. The van der Waals surface area contributed by atoms with Gasteiger partial charge in [-0.3, -0.25) is 0 Å². The second kappa shape index (κ2) is 6.89. The molecular formula is C22H35FO3P+. The van der Waals surface area contributed by atoms with Crippen LogP contribution in [0.4, 0.5) is 4.39 Å². The molecule has 152 valence electrons. The fourth-order valence-corrected chi connectivity index (χ4v) is 8.87. The van der Waals surface area contributed by atoms with Crippen molar-refractivity contribution in [2.24, 2.45) is 46.3 Å². The van der Waals surface area contributed by atoms with Gasteiger partial charge in [0.15, 0.2) is 5.83 Å². The van der Waals surface area contributed by atoms with Crippen molar-refractivity contribution in [1.82, 2.24) is 0 Å². The number of hydrogen-bond donors (Lipinski definition) is 2. The van der Waals surface area contributed by atoms with Gasteiger partial charge >= 0.3 is 8.03 Å². The van der Waals surface area contributed by atoms with Gasteiger partial charge in [0.2, 0.25) is 5.31 Å². The molecule has 3 fully saturated rings. The SMILES string of the molecule is C[C@H](CO)[C@H]1CC[C@H]2[C@@H]3CC[C@H]4C(F)=C([P+](=O)O)CC[C@]4(C)[C@H]3CC[C@]12C. The maximum absolute atomic E-state index is 15.1. The molecule has 0 amide bonds. The molecule has 0 bridgehead atoms. The Hall–Kier alpha value is -0.310. The second-order valence-corrected chi connectivity index (χ2v) is 11.6. The third-order valence-corrected chi connectivity index (χ3v) is 10.5. The van der Waals surface area contributed by atoms with Crippen molar-refractivity contribution < 1.29 is 19.0 Å². The summed E-state index contributed by atoms with van der Waals surface area (Å²) in [4.78, 5) is 9.51. The number of fused-ring (bicyclic) bond motifs is 5. The summed E-state index contributed by atoms with van der Waals surface area (Å²) in [6.07, 6.45) is 7.96. The summed E-state index contributed by atoms with van der Waals surface area (Å²) in [7, 11) is -2.53. The average Bonchev–Trinajstić information content (AvgIpc) is 2.98. The first kappa shape index (κ1) is 20.0. The molecule has 0 heterocycles. The zero-order chi connectivity index (χ0) is 19.6. The highest BCUT2D eigenvalue weighted by Crippen LogP contribution is 2.69. The van der Waals surface area contributed by atoms with Gasteiger partial charge in [0.05, 0.1) is 0 Å². The fraction of sp³-hybridized carbons (Fsp3) is 0.909. The van der Waals surface area contributed by atoms with Gasteiger partial charge in [-0.15, -0.1) is 0 Å². The van der Waals surface area contributed by atoms with Gasteiger partial charge in [-0.2, -0.15) is 4.89 Å². The molecule has 0 aromatic rings. The molecule has 9 atom stereocenters. The van der Waals surface area contributed by atoms with E-state index in [0.29, 0.717) is 41.4 Å². The van der Waals surface area contributed by atoms with Crippen molar-refractivity contribution in [2.75, 3.05) is 6.61 Å².